The van der Waals surface area contributed by atoms with E-state index in [0.717, 1.165) is 12.0 Å². The number of nitriles is 1. The van der Waals surface area contributed by atoms with Crippen molar-refractivity contribution in [2.45, 2.75) is 38.0 Å². The zero-order valence-corrected chi connectivity index (χ0v) is 22.7. The molecule has 2 aliphatic heterocycles. The van der Waals surface area contributed by atoms with Crippen LogP contribution in [0.2, 0.25) is 0 Å². The van der Waals surface area contributed by atoms with Gasteiger partial charge in [-0.05, 0) is 46.6 Å². The van der Waals surface area contributed by atoms with Crippen LogP contribution in [-0.2, 0) is 17.5 Å². The third kappa shape index (κ3) is 4.14. The SMILES string of the molecule is Cc1ccc2oc(C3(F)CCN(c4c(C#N)c(=O)n(C)c5cc(O[C@@H]6CCOC6)c(Br)cc45)CC3)nc2c1. The van der Waals surface area contributed by atoms with Gasteiger partial charge in [0.05, 0.1) is 28.9 Å². The van der Waals surface area contributed by atoms with Crippen molar-refractivity contribution in [3.05, 3.63) is 62.2 Å². The van der Waals surface area contributed by atoms with Crippen LogP contribution in [-0.4, -0.2) is 42.0 Å². The Labute approximate surface area is 226 Å². The number of oxazole rings is 1. The number of aryl methyl sites for hydroxylation is 2. The first-order chi connectivity index (χ1) is 18.3. The van der Waals surface area contributed by atoms with Gasteiger partial charge in [0.1, 0.15) is 29.0 Å². The lowest BCUT2D eigenvalue weighted by atomic mass is 9.92. The Morgan fingerprint density at radius 1 is 1.26 bits per heavy atom. The summed E-state index contributed by atoms with van der Waals surface area (Å²) in [5.41, 5.74) is 1.25. The van der Waals surface area contributed by atoms with Crippen LogP contribution < -0.4 is 15.2 Å². The quantitative estimate of drug-likeness (QED) is 0.325. The molecule has 10 heteroatoms. The van der Waals surface area contributed by atoms with Crippen molar-refractivity contribution in [3.8, 4) is 11.8 Å². The molecule has 0 saturated carbocycles. The molecule has 2 aromatic heterocycles. The first kappa shape index (κ1) is 24.9. The molecule has 4 heterocycles. The van der Waals surface area contributed by atoms with Gasteiger partial charge in [0.25, 0.3) is 5.56 Å². The molecule has 0 radical (unpaired) electrons. The monoisotopic (exact) mass is 580 g/mol. The highest BCUT2D eigenvalue weighted by molar-refractivity contribution is 9.10. The number of ether oxygens (including phenoxy) is 2. The van der Waals surface area contributed by atoms with Crippen LogP contribution in [0.25, 0.3) is 22.0 Å². The summed E-state index contributed by atoms with van der Waals surface area (Å²) in [4.78, 5) is 19.6. The van der Waals surface area contributed by atoms with E-state index >= 15 is 4.39 Å². The molecule has 8 nitrogen and oxygen atoms in total. The Hall–Kier alpha value is -3.42. The number of piperidine rings is 1. The normalized spacial score (nSPS) is 19.2. The van der Waals surface area contributed by atoms with Gasteiger partial charge >= 0.3 is 0 Å². The van der Waals surface area contributed by atoms with Crippen LogP contribution in [0.5, 0.6) is 5.75 Å². The van der Waals surface area contributed by atoms with Gasteiger partial charge in [-0.15, -0.1) is 0 Å². The van der Waals surface area contributed by atoms with E-state index in [1.807, 2.05) is 36.1 Å². The number of anilines is 1. The molecule has 0 amide bonds. The summed E-state index contributed by atoms with van der Waals surface area (Å²) < 4.78 is 35.7. The molecular formula is C28H26BrFN4O4. The van der Waals surface area contributed by atoms with Crippen LogP contribution in [0.1, 0.15) is 36.3 Å². The largest absolute Gasteiger partial charge is 0.487 e. The summed E-state index contributed by atoms with van der Waals surface area (Å²) in [5.74, 6) is 0.679. The summed E-state index contributed by atoms with van der Waals surface area (Å²) in [6.45, 7) is 3.70. The highest BCUT2D eigenvalue weighted by Gasteiger charge is 2.42. The second-order valence-corrected chi connectivity index (χ2v) is 10.9. The summed E-state index contributed by atoms with van der Waals surface area (Å²) in [6.07, 6.45) is 0.962. The standard InChI is InChI=1S/C28H26BrFN4O4/c1-16-3-4-23-21(11-16)32-27(38-23)28(30)6-8-34(9-7-28)25-18-12-20(29)24(37-17-5-10-36-15-17)13-22(18)33(2)26(35)19(25)14-31/h3-4,11-13,17H,5-10,15H2,1-2H3/t17-/m1/s1. The second kappa shape index (κ2) is 9.40. The molecule has 0 bridgehead atoms. The van der Waals surface area contributed by atoms with E-state index in [0.29, 0.717) is 64.2 Å². The summed E-state index contributed by atoms with van der Waals surface area (Å²) >= 11 is 3.61. The number of hydrogen-bond acceptors (Lipinski definition) is 7. The van der Waals surface area contributed by atoms with Crippen molar-refractivity contribution in [3.63, 3.8) is 0 Å². The fourth-order valence-electron chi connectivity index (χ4n) is 5.36. The van der Waals surface area contributed by atoms with Gasteiger partial charge in [-0.3, -0.25) is 4.79 Å². The Kier molecular flexibility index (Phi) is 6.16. The number of halogens is 2. The highest BCUT2D eigenvalue weighted by Crippen LogP contribution is 2.42. The van der Waals surface area contributed by atoms with E-state index in [1.54, 1.807) is 13.1 Å². The minimum absolute atomic E-state index is 0.0356. The Morgan fingerprint density at radius 3 is 2.76 bits per heavy atom. The molecule has 0 N–H and O–H groups in total. The molecule has 38 heavy (non-hydrogen) atoms. The van der Waals surface area contributed by atoms with Crippen LogP contribution >= 0.6 is 15.9 Å². The van der Waals surface area contributed by atoms with Crippen molar-refractivity contribution < 1.29 is 18.3 Å². The van der Waals surface area contributed by atoms with Crippen LogP contribution in [0.3, 0.4) is 0 Å². The molecule has 2 aromatic carbocycles. The summed E-state index contributed by atoms with van der Waals surface area (Å²) in [7, 11) is 1.64. The predicted octanol–water partition coefficient (Wildman–Crippen LogP) is 5.26. The lowest BCUT2D eigenvalue weighted by Crippen LogP contribution is -2.41. The minimum Gasteiger partial charge on any atom is -0.487 e. The van der Waals surface area contributed by atoms with E-state index in [9.17, 15) is 10.1 Å². The fraction of sp³-hybridized carbons (Fsp3) is 0.393. The first-order valence-electron chi connectivity index (χ1n) is 12.6. The minimum atomic E-state index is -1.74. The molecule has 1 atom stereocenters. The van der Waals surface area contributed by atoms with Crippen molar-refractivity contribution in [1.29, 1.82) is 5.26 Å². The van der Waals surface area contributed by atoms with Gasteiger partial charge in [-0.25, -0.2) is 9.37 Å². The summed E-state index contributed by atoms with van der Waals surface area (Å²) in [5, 5.41) is 10.7. The maximum atomic E-state index is 16.1. The smallest absolute Gasteiger partial charge is 0.270 e. The van der Waals surface area contributed by atoms with Gasteiger partial charge in [-0.1, -0.05) is 6.07 Å². The highest BCUT2D eigenvalue weighted by atomic mass is 79.9. The number of nitrogens with zero attached hydrogens (tertiary/aromatic N) is 4. The van der Waals surface area contributed by atoms with Gasteiger partial charge in [0.15, 0.2) is 11.3 Å². The van der Waals surface area contributed by atoms with Crippen molar-refractivity contribution in [2.24, 2.45) is 7.05 Å². The van der Waals surface area contributed by atoms with Crippen molar-refractivity contribution >= 4 is 43.6 Å². The van der Waals surface area contributed by atoms with E-state index in [4.69, 9.17) is 13.9 Å². The van der Waals surface area contributed by atoms with Crippen LogP contribution in [0.4, 0.5) is 10.1 Å². The first-order valence-corrected chi connectivity index (χ1v) is 13.4. The fourth-order valence-corrected chi connectivity index (χ4v) is 5.79. The number of hydrogen-bond donors (Lipinski definition) is 0. The van der Waals surface area contributed by atoms with E-state index in [-0.39, 0.29) is 30.4 Å². The zero-order valence-electron chi connectivity index (χ0n) is 21.1. The number of alkyl halides is 1. The Balaban J connectivity index is 1.36. The second-order valence-electron chi connectivity index (χ2n) is 10.0. The maximum absolute atomic E-state index is 16.1. The molecule has 0 aliphatic carbocycles. The van der Waals surface area contributed by atoms with Crippen molar-refractivity contribution in [1.82, 2.24) is 9.55 Å². The topological polar surface area (TPSA) is 93.5 Å². The zero-order chi connectivity index (χ0) is 26.6. The average molecular weight is 581 g/mol. The Morgan fingerprint density at radius 2 is 2.05 bits per heavy atom. The number of rotatable bonds is 4. The van der Waals surface area contributed by atoms with E-state index in [1.165, 1.54) is 4.57 Å². The van der Waals surface area contributed by atoms with Crippen LogP contribution in [0, 0.1) is 18.3 Å². The Bertz CT molecular complexity index is 1660. The molecule has 2 aliphatic rings. The third-order valence-corrected chi connectivity index (χ3v) is 8.13. The lowest BCUT2D eigenvalue weighted by Gasteiger charge is -2.37. The predicted molar refractivity (Wildman–Crippen MR) is 144 cm³/mol. The molecule has 4 aromatic rings. The molecule has 6 rings (SSSR count). The lowest BCUT2D eigenvalue weighted by molar-refractivity contribution is 0.0905. The van der Waals surface area contributed by atoms with Gasteiger partial charge in [0.2, 0.25) is 5.89 Å². The molecular weight excluding hydrogens is 555 g/mol. The average Bonchev–Trinajstić information content (AvgIpc) is 3.58. The third-order valence-electron chi connectivity index (χ3n) is 7.51. The van der Waals surface area contributed by atoms with Crippen LogP contribution in [0.15, 0.2) is 44.0 Å². The van der Waals surface area contributed by atoms with Crippen molar-refractivity contribution in [2.75, 3.05) is 31.2 Å². The number of benzene rings is 2. The number of pyridine rings is 1. The van der Waals surface area contributed by atoms with Gasteiger partial charge < -0.3 is 23.4 Å². The number of aromatic nitrogens is 2. The molecule has 0 spiro atoms. The maximum Gasteiger partial charge on any atom is 0.270 e. The molecule has 2 saturated heterocycles. The summed E-state index contributed by atoms with van der Waals surface area (Å²) in [6, 6.07) is 11.4. The van der Waals surface area contributed by atoms with Gasteiger partial charge in [-0.2, -0.15) is 5.26 Å². The molecule has 2 fully saturated rings. The molecule has 196 valence electrons. The van der Waals surface area contributed by atoms with E-state index < -0.39 is 11.2 Å². The molecule has 0 unspecified atom stereocenters. The van der Waals surface area contributed by atoms with Gasteiger partial charge in [0, 0.05) is 50.9 Å². The number of fused-ring (bicyclic) bond motifs is 2. The van der Waals surface area contributed by atoms with E-state index in [2.05, 4.69) is 27.0 Å².